The van der Waals surface area contributed by atoms with Crippen molar-refractivity contribution in [3.05, 3.63) is 65.2 Å². The zero-order valence-corrected chi connectivity index (χ0v) is 18.7. The van der Waals surface area contributed by atoms with Gasteiger partial charge in [0.2, 0.25) is 0 Å². The second kappa shape index (κ2) is 9.61. The van der Waals surface area contributed by atoms with Crippen LogP contribution in [0.5, 0.6) is 0 Å². The van der Waals surface area contributed by atoms with Crippen LogP contribution in [0.2, 0.25) is 0 Å². The van der Waals surface area contributed by atoms with Crippen LogP contribution in [0, 0.1) is 0 Å². The molecule has 2 fully saturated rings. The third-order valence-electron chi connectivity index (χ3n) is 7.28. The minimum absolute atomic E-state index is 0.0143. The van der Waals surface area contributed by atoms with E-state index in [1.807, 2.05) is 29.2 Å². The number of amides is 1. The molecule has 0 aliphatic carbocycles. The molecule has 1 amide bonds. The number of piperidine rings is 2. The number of aliphatic hydroxyl groups is 1. The molecule has 6 heteroatoms. The first-order valence-electron chi connectivity index (χ1n) is 12.0. The van der Waals surface area contributed by atoms with Gasteiger partial charge in [-0.3, -0.25) is 9.69 Å². The van der Waals surface area contributed by atoms with Crippen LogP contribution in [0.25, 0.3) is 0 Å². The minimum Gasteiger partial charge on any atom is -0.390 e. The van der Waals surface area contributed by atoms with E-state index in [-0.39, 0.29) is 11.9 Å². The van der Waals surface area contributed by atoms with Crippen molar-refractivity contribution in [3.63, 3.8) is 0 Å². The van der Waals surface area contributed by atoms with Gasteiger partial charge < -0.3 is 20.6 Å². The number of likely N-dealkylation sites (tertiary alicyclic amines) is 1. The van der Waals surface area contributed by atoms with Gasteiger partial charge in [-0.1, -0.05) is 30.3 Å². The lowest BCUT2D eigenvalue weighted by atomic mass is 9.94. The Morgan fingerprint density at radius 3 is 2.62 bits per heavy atom. The molecule has 170 valence electrons. The molecule has 2 aromatic carbocycles. The molecule has 2 atom stereocenters. The zero-order valence-electron chi connectivity index (χ0n) is 18.7. The molecule has 5 rings (SSSR count). The van der Waals surface area contributed by atoms with Crippen LogP contribution in [-0.2, 0) is 13.0 Å². The van der Waals surface area contributed by atoms with Gasteiger partial charge in [0.1, 0.15) is 0 Å². The minimum atomic E-state index is -0.519. The lowest BCUT2D eigenvalue weighted by Gasteiger charge is -2.43. The summed E-state index contributed by atoms with van der Waals surface area (Å²) < 4.78 is 0. The Kier molecular flexibility index (Phi) is 6.44. The van der Waals surface area contributed by atoms with E-state index in [1.165, 1.54) is 11.1 Å². The number of anilines is 1. The molecule has 0 radical (unpaired) electrons. The van der Waals surface area contributed by atoms with Gasteiger partial charge in [0.05, 0.1) is 6.10 Å². The van der Waals surface area contributed by atoms with E-state index in [9.17, 15) is 9.90 Å². The second-order valence-electron chi connectivity index (χ2n) is 9.41. The zero-order chi connectivity index (χ0) is 21.9. The fraction of sp³-hybridized carbons (Fsp3) is 0.500. The molecule has 0 spiro atoms. The van der Waals surface area contributed by atoms with Crippen LogP contribution in [0.4, 0.5) is 5.69 Å². The summed E-state index contributed by atoms with van der Waals surface area (Å²) in [6.45, 7) is 5.00. The van der Waals surface area contributed by atoms with Crippen molar-refractivity contribution in [3.8, 4) is 0 Å². The predicted octanol–water partition coefficient (Wildman–Crippen LogP) is 2.48. The van der Waals surface area contributed by atoms with Gasteiger partial charge in [-0.2, -0.15) is 0 Å². The van der Waals surface area contributed by atoms with E-state index in [0.29, 0.717) is 24.7 Å². The van der Waals surface area contributed by atoms with Crippen LogP contribution >= 0.6 is 0 Å². The Hall–Kier alpha value is -2.41. The lowest BCUT2D eigenvalue weighted by molar-refractivity contribution is -0.0137. The van der Waals surface area contributed by atoms with Gasteiger partial charge in [-0.05, 0) is 68.1 Å². The maximum atomic E-state index is 13.2. The Morgan fingerprint density at radius 1 is 1.00 bits per heavy atom. The number of fused-ring (bicyclic) bond motifs is 1. The number of carbonyl (C=O) groups excluding carboxylic acids is 1. The smallest absolute Gasteiger partial charge is 0.254 e. The molecule has 3 aliphatic heterocycles. The SMILES string of the molecule is O=C(c1cccc(NC2CCNCC2)c1)N1CCC(N2CCc3ccccc3C2)C(O)C1. The number of aliphatic hydroxyl groups excluding tert-OH is 1. The highest BCUT2D eigenvalue weighted by molar-refractivity contribution is 5.95. The highest BCUT2D eigenvalue weighted by atomic mass is 16.3. The molecular formula is C26H34N4O2. The van der Waals surface area contributed by atoms with Crippen molar-refractivity contribution < 1.29 is 9.90 Å². The number of β-amino-alcohol motifs (C(OH)–C–C–N with tert-alkyl or cyclic N) is 1. The standard InChI is InChI=1S/C26H34N4O2/c31-25-18-30(15-11-24(25)29-14-10-19-4-1-2-5-21(19)17-29)26(32)20-6-3-7-23(16-20)28-22-8-12-27-13-9-22/h1-7,16,22,24-25,27-28,31H,8-15,17-18H2. The molecular weight excluding hydrogens is 400 g/mol. The molecule has 6 nitrogen and oxygen atoms in total. The largest absolute Gasteiger partial charge is 0.390 e. The highest BCUT2D eigenvalue weighted by Gasteiger charge is 2.35. The van der Waals surface area contributed by atoms with Crippen molar-refractivity contribution in [1.29, 1.82) is 0 Å². The van der Waals surface area contributed by atoms with E-state index in [0.717, 1.165) is 57.5 Å². The average Bonchev–Trinajstić information content (AvgIpc) is 2.84. The maximum absolute atomic E-state index is 13.2. The Labute approximate surface area is 190 Å². The van der Waals surface area contributed by atoms with Crippen molar-refractivity contribution in [2.24, 2.45) is 0 Å². The highest BCUT2D eigenvalue weighted by Crippen LogP contribution is 2.26. The number of hydrogen-bond donors (Lipinski definition) is 3. The van der Waals surface area contributed by atoms with Gasteiger partial charge >= 0.3 is 0 Å². The van der Waals surface area contributed by atoms with Crippen LogP contribution in [0.1, 0.15) is 40.7 Å². The third kappa shape index (κ3) is 4.68. The molecule has 0 saturated carbocycles. The first kappa shape index (κ1) is 21.4. The number of hydrogen-bond acceptors (Lipinski definition) is 5. The van der Waals surface area contributed by atoms with Crippen LogP contribution in [0.3, 0.4) is 0 Å². The van der Waals surface area contributed by atoms with Crippen molar-refractivity contribution in [2.75, 3.05) is 38.0 Å². The first-order chi connectivity index (χ1) is 15.7. The molecule has 0 aromatic heterocycles. The monoisotopic (exact) mass is 434 g/mol. The van der Waals surface area contributed by atoms with Crippen LogP contribution < -0.4 is 10.6 Å². The van der Waals surface area contributed by atoms with Crippen molar-refractivity contribution >= 4 is 11.6 Å². The normalized spacial score (nSPS) is 24.7. The van der Waals surface area contributed by atoms with E-state index < -0.39 is 6.10 Å². The predicted molar refractivity (Wildman–Crippen MR) is 127 cm³/mol. The molecule has 2 aromatic rings. The van der Waals surface area contributed by atoms with Crippen molar-refractivity contribution in [2.45, 2.75) is 50.4 Å². The van der Waals surface area contributed by atoms with E-state index in [1.54, 1.807) is 0 Å². The molecule has 3 aliphatic rings. The summed E-state index contributed by atoms with van der Waals surface area (Å²) in [6.07, 6.45) is 3.51. The first-order valence-corrected chi connectivity index (χ1v) is 12.0. The summed E-state index contributed by atoms with van der Waals surface area (Å²) in [5.74, 6) is 0.0143. The van der Waals surface area contributed by atoms with Crippen molar-refractivity contribution in [1.82, 2.24) is 15.1 Å². The van der Waals surface area contributed by atoms with E-state index in [4.69, 9.17) is 0 Å². The quantitative estimate of drug-likeness (QED) is 0.690. The third-order valence-corrected chi connectivity index (χ3v) is 7.28. The average molecular weight is 435 g/mol. The molecule has 32 heavy (non-hydrogen) atoms. The summed E-state index contributed by atoms with van der Waals surface area (Å²) in [7, 11) is 0. The number of nitrogens with zero attached hydrogens (tertiary/aromatic N) is 2. The fourth-order valence-corrected chi connectivity index (χ4v) is 5.46. The lowest BCUT2D eigenvalue weighted by Crippen LogP contribution is -2.56. The Balaban J connectivity index is 1.20. The molecule has 3 N–H and O–H groups in total. The fourth-order valence-electron chi connectivity index (χ4n) is 5.46. The summed E-state index contributed by atoms with van der Waals surface area (Å²) >= 11 is 0. The summed E-state index contributed by atoms with van der Waals surface area (Å²) in [6, 6.07) is 17.0. The Bertz CT molecular complexity index is 943. The number of rotatable bonds is 4. The summed E-state index contributed by atoms with van der Waals surface area (Å²) in [5, 5.41) is 17.9. The van der Waals surface area contributed by atoms with Crippen LogP contribution in [-0.4, -0.2) is 71.7 Å². The van der Waals surface area contributed by atoms with Gasteiger partial charge in [-0.15, -0.1) is 0 Å². The molecule has 0 bridgehead atoms. The van der Waals surface area contributed by atoms with E-state index in [2.05, 4.69) is 39.8 Å². The van der Waals surface area contributed by atoms with E-state index >= 15 is 0 Å². The summed E-state index contributed by atoms with van der Waals surface area (Å²) in [4.78, 5) is 17.4. The van der Waals surface area contributed by atoms with Crippen LogP contribution in [0.15, 0.2) is 48.5 Å². The topological polar surface area (TPSA) is 67.8 Å². The van der Waals surface area contributed by atoms with Gasteiger partial charge in [0.25, 0.3) is 5.91 Å². The molecule has 3 heterocycles. The van der Waals surface area contributed by atoms with Gasteiger partial charge in [-0.25, -0.2) is 0 Å². The summed E-state index contributed by atoms with van der Waals surface area (Å²) in [5.41, 5.74) is 4.48. The van der Waals surface area contributed by atoms with Gasteiger partial charge in [0.15, 0.2) is 0 Å². The maximum Gasteiger partial charge on any atom is 0.254 e. The molecule has 2 unspecified atom stereocenters. The second-order valence-corrected chi connectivity index (χ2v) is 9.41. The number of carbonyl (C=O) groups is 1. The number of benzene rings is 2. The number of nitrogens with one attached hydrogen (secondary N) is 2. The van der Waals surface area contributed by atoms with Gasteiger partial charge in [0, 0.05) is 49.5 Å². The Morgan fingerprint density at radius 2 is 1.81 bits per heavy atom. The molecule has 2 saturated heterocycles.